The molecule has 33 heavy (non-hydrogen) atoms. The fourth-order valence-electron chi connectivity index (χ4n) is 4.20. The first-order chi connectivity index (χ1) is 15.9. The number of nitrogens with zero attached hydrogens (tertiary/aromatic N) is 8. The number of amides is 1. The first-order valence-corrected chi connectivity index (χ1v) is 10.5. The zero-order valence-corrected chi connectivity index (χ0v) is 18.2. The summed E-state index contributed by atoms with van der Waals surface area (Å²) in [5, 5.41) is 29.2. The minimum atomic E-state index is -0.544. The maximum atomic E-state index is 12.2. The molecule has 0 radical (unpaired) electrons. The number of anilines is 2. The van der Waals surface area contributed by atoms with E-state index < -0.39 is 5.91 Å². The summed E-state index contributed by atoms with van der Waals surface area (Å²) < 4.78 is 3.47. The summed E-state index contributed by atoms with van der Waals surface area (Å²) in [4.78, 5) is 14.3. The molecular formula is C22H22N10O. The number of primary amides is 1. The van der Waals surface area contributed by atoms with Crippen LogP contribution >= 0.6 is 0 Å². The number of carbonyl (C=O) groups excluding carboxylic acids is 1. The Labute approximate surface area is 189 Å². The molecule has 0 bridgehead atoms. The minimum Gasteiger partial charge on any atom is -0.378 e. The van der Waals surface area contributed by atoms with Gasteiger partial charge in [0.05, 0.1) is 29.2 Å². The standard InChI is InChI=1S/C22H22N10O/c1-13-9-31(20-4-3-16(6-23)28-29-20)12-18(13)27-21-17(22(24)33)8-26-32-11-14(5-19(21)32)15-7-25-30(2)10-15/h3-5,7-8,10-11,13,18,27H,9,12H2,1-2H3,(H2,24,33)/t13-,18-/m1/s1. The number of aromatic nitrogens is 6. The monoisotopic (exact) mass is 442 g/mol. The van der Waals surface area contributed by atoms with Crippen molar-refractivity contribution >= 4 is 22.9 Å². The van der Waals surface area contributed by atoms with Crippen molar-refractivity contribution in [3.63, 3.8) is 0 Å². The average molecular weight is 442 g/mol. The number of hydrogen-bond donors (Lipinski definition) is 2. The number of hydrogen-bond acceptors (Lipinski definition) is 8. The van der Waals surface area contributed by atoms with Crippen molar-refractivity contribution in [2.24, 2.45) is 18.7 Å². The lowest BCUT2D eigenvalue weighted by atomic mass is 10.1. The van der Waals surface area contributed by atoms with Gasteiger partial charge in [-0.2, -0.15) is 15.5 Å². The van der Waals surface area contributed by atoms with Crippen LogP contribution in [0.5, 0.6) is 0 Å². The smallest absolute Gasteiger partial charge is 0.252 e. The van der Waals surface area contributed by atoms with Gasteiger partial charge >= 0.3 is 0 Å². The van der Waals surface area contributed by atoms with Gasteiger partial charge in [-0.05, 0) is 24.1 Å². The van der Waals surface area contributed by atoms with Gasteiger partial charge in [-0.1, -0.05) is 6.92 Å². The van der Waals surface area contributed by atoms with Crippen LogP contribution < -0.4 is 16.0 Å². The molecule has 4 aromatic rings. The van der Waals surface area contributed by atoms with Crippen LogP contribution in [0.4, 0.5) is 11.5 Å². The summed E-state index contributed by atoms with van der Waals surface area (Å²) >= 11 is 0. The normalized spacial score (nSPS) is 17.9. The molecule has 11 heteroatoms. The number of nitrogens with two attached hydrogens (primary N) is 1. The summed E-state index contributed by atoms with van der Waals surface area (Å²) in [5.74, 6) is 0.419. The van der Waals surface area contributed by atoms with Crippen LogP contribution in [0.2, 0.25) is 0 Å². The first-order valence-electron chi connectivity index (χ1n) is 10.5. The van der Waals surface area contributed by atoms with Gasteiger partial charge in [-0.15, -0.1) is 10.2 Å². The van der Waals surface area contributed by atoms with Gasteiger partial charge in [-0.25, -0.2) is 4.52 Å². The number of fused-ring (bicyclic) bond motifs is 1. The molecule has 2 atom stereocenters. The largest absolute Gasteiger partial charge is 0.378 e. The summed E-state index contributed by atoms with van der Waals surface area (Å²) in [6, 6.07) is 7.45. The van der Waals surface area contributed by atoms with E-state index in [4.69, 9.17) is 11.0 Å². The molecule has 4 aromatic heterocycles. The Morgan fingerprint density at radius 3 is 2.70 bits per heavy atom. The van der Waals surface area contributed by atoms with Crippen LogP contribution in [0.1, 0.15) is 23.0 Å². The maximum Gasteiger partial charge on any atom is 0.252 e. The molecule has 1 saturated heterocycles. The fraction of sp³-hybridized carbons (Fsp3) is 0.273. The molecule has 1 aliphatic rings. The number of carbonyl (C=O) groups is 1. The summed E-state index contributed by atoms with van der Waals surface area (Å²) in [5.41, 5.74) is 9.60. The van der Waals surface area contributed by atoms with E-state index in [1.165, 1.54) is 6.20 Å². The molecule has 3 N–H and O–H groups in total. The van der Waals surface area contributed by atoms with Crippen LogP contribution in [0.3, 0.4) is 0 Å². The van der Waals surface area contributed by atoms with E-state index in [9.17, 15) is 4.79 Å². The first kappa shape index (κ1) is 20.4. The summed E-state index contributed by atoms with van der Waals surface area (Å²) in [6.45, 7) is 3.55. The highest BCUT2D eigenvalue weighted by Crippen LogP contribution is 2.31. The van der Waals surface area contributed by atoms with Crippen molar-refractivity contribution < 1.29 is 4.79 Å². The molecule has 0 aromatic carbocycles. The molecular weight excluding hydrogens is 420 g/mol. The van der Waals surface area contributed by atoms with E-state index in [-0.39, 0.29) is 17.7 Å². The van der Waals surface area contributed by atoms with E-state index in [1.54, 1.807) is 27.5 Å². The SMILES string of the molecule is C[C@@H]1CN(c2ccc(C#N)nn2)C[C@H]1Nc1c(C(N)=O)cnn2cc(-c3cnn(C)c3)cc12. The van der Waals surface area contributed by atoms with E-state index in [0.29, 0.717) is 23.6 Å². The van der Waals surface area contributed by atoms with Gasteiger partial charge in [0.15, 0.2) is 11.5 Å². The lowest BCUT2D eigenvalue weighted by Gasteiger charge is -2.20. The minimum absolute atomic E-state index is 0.0310. The Balaban J connectivity index is 1.48. The van der Waals surface area contributed by atoms with Gasteiger partial charge in [0.25, 0.3) is 5.91 Å². The lowest BCUT2D eigenvalue weighted by Crippen LogP contribution is -2.30. The quantitative estimate of drug-likeness (QED) is 0.472. The van der Waals surface area contributed by atoms with Crippen LogP contribution in [-0.4, -0.2) is 54.6 Å². The number of rotatable bonds is 5. The third-order valence-corrected chi connectivity index (χ3v) is 5.97. The Hall–Kier alpha value is -4.46. The molecule has 0 spiro atoms. The third kappa shape index (κ3) is 3.71. The van der Waals surface area contributed by atoms with E-state index in [0.717, 1.165) is 23.2 Å². The predicted molar refractivity (Wildman–Crippen MR) is 121 cm³/mol. The van der Waals surface area contributed by atoms with Crippen molar-refractivity contribution in [2.75, 3.05) is 23.3 Å². The van der Waals surface area contributed by atoms with Crippen molar-refractivity contribution in [1.82, 2.24) is 29.6 Å². The van der Waals surface area contributed by atoms with Crippen LogP contribution in [0, 0.1) is 17.2 Å². The highest BCUT2D eigenvalue weighted by Gasteiger charge is 2.32. The zero-order chi connectivity index (χ0) is 23.1. The summed E-state index contributed by atoms with van der Waals surface area (Å²) in [6.07, 6.45) is 7.10. The van der Waals surface area contributed by atoms with Crippen molar-refractivity contribution in [3.8, 4) is 17.2 Å². The Kier molecular flexibility index (Phi) is 4.90. The predicted octanol–water partition coefficient (Wildman–Crippen LogP) is 1.43. The van der Waals surface area contributed by atoms with E-state index >= 15 is 0 Å². The topological polar surface area (TPSA) is 143 Å². The van der Waals surface area contributed by atoms with Gasteiger partial charge in [-0.3, -0.25) is 9.48 Å². The van der Waals surface area contributed by atoms with Gasteiger partial charge in [0.1, 0.15) is 6.07 Å². The number of nitriles is 1. The number of aryl methyl sites for hydroxylation is 1. The summed E-state index contributed by atoms with van der Waals surface area (Å²) in [7, 11) is 1.86. The maximum absolute atomic E-state index is 12.2. The molecule has 0 saturated carbocycles. The van der Waals surface area contributed by atoms with Gasteiger partial charge in [0, 0.05) is 49.7 Å². The average Bonchev–Trinajstić information content (AvgIpc) is 3.52. The second kappa shape index (κ2) is 7.90. The second-order valence-corrected chi connectivity index (χ2v) is 8.28. The van der Waals surface area contributed by atoms with Crippen molar-refractivity contribution in [1.29, 1.82) is 5.26 Å². The molecule has 5 rings (SSSR count). The second-order valence-electron chi connectivity index (χ2n) is 8.28. The Morgan fingerprint density at radius 2 is 2.03 bits per heavy atom. The van der Waals surface area contributed by atoms with E-state index in [2.05, 4.69) is 37.5 Å². The zero-order valence-electron chi connectivity index (χ0n) is 18.2. The van der Waals surface area contributed by atoms with Gasteiger partial charge in [0.2, 0.25) is 0 Å². The van der Waals surface area contributed by atoms with Gasteiger partial charge < -0.3 is 16.0 Å². The van der Waals surface area contributed by atoms with Crippen molar-refractivity contribution in [2.45, 2.75) is 13.0 Å². The third-order valence-electron chi connectivity index (χ3n) is 5.97. The van der Waals surface area contributed by atoms with Crippen LogP contribution in [-0.2, 0) is 7.05 Å². The fourth-order valence-corrected chi connectivity index (χ4v) is 4.20. The highest BCUT2D eigenvalue weighted by atomic mass is 16.1. The van der Waals surface area contributed by atoms with Crippen LogP contribution in [0.15, 0.2) is 43.0 Å². The molecule has 1 fully saturated rings. The Morgan fingerprint density at radius 1 is 1.18 bits per heavy atom. The molecule has 0 unspecified atom stereocenters. The lowest BCUT2D eigenvalue weighted by molar-refractivity contribution is 0.100. The molecule has 0 aliphatic carbocycles. The highest BCUT2D eigenvalue weighted by molar-refractivity contribution is 6.02. The Bertz CT molecular complexity index is 1380. The molecule has 5 heterocycles. The molecule has 1 amide bonds. The molecule has 166 valence electrons. The number of nitrogens with one attached hydrogen (secondary N) is 1. The van der Waals surface area contributed by atoms with Crippen molar-refractivity contribution in [3.05, 3.63) is 54.2 Å². The van der Waals surface area contributed by atoms with Crippen LogP contribution in [0.25, 0.3) is 16.6 Å². The molecule has 11 nitrogen and oxygen atoms in total. The van der Waals surface area contributed by atoms with E-state index in [1.807, 2.05) is 31.6 Å². The molecule has 1 aliphatic heterocycles.